The standard InChI is InChI=1S/C39H42N14O10S4/c1-5-51(6-2)23-9-11-27(47-49-35-25(19-40)33(66(58,59)60)31(21-56)64-35)29(17-23)42-37-44-38(46-39(45-37)53(13-15-54)14-16-55)43-30-18-24(52(7-3)8-4)10-12-28(30)48-50-36-26(20-41)34(67(61,62)63)32(22-57)65-36/h9-12,17-18,21-22,54-55H,5-8,13-16H2,1-4H3,(H,58,59,60)(H,61,62,63)(H2,42,43,44,45,46)/b49-47+,50-48+. The minimum absolute atomic E-state index is 0.0238. The molecule has 0 aliphatic heterocycles. The van der Waals surface area contributed by atoms with E-state index in [2.05, 4.69) is 46.0 Å². The van der Waals surface area contributed by atoms with Crippen LogP contribution in [-0.2, 0) is 20.2 Å². The summed E-state index contributed by atoms with van der Waals surface area (Å²) in [5.41, 5.74) is 0.941. The summed E-state index contributed by atoms with van der Waals surface area (Å²) >= 11 is 1.06. The molecular formula is C39H42N14O10S4. The lowest BCUT2D eigenvalue weighted by Gasteiger charge is -2.24. The molecule has 3 heterocycles. The summed E-state index contributed by atoms with van der Waals surface area (Å²) in [6, 6.07) is 13.4. The highest BCUT2D eigenvalue weighted by atomic mass is 32.2. The van der Waals surface area contributed by atoms with E-state index in [9.17, 15) is 56.3 Å². The lowest BCUT2D eigenvalue weighted by atomic mass is 10.2. The fourth-order valence-electron chi connectivity index (χ4n) is 6.45. The number of carbonyl (C=O) groups is 2. The number of carbonyl (C=O) groups excluding carboxylic acids is 2. The Labute approximate surface area is 392 Å². The number of benzene rings is 2. The third-order valence-corrected chi connectivity index (χ3v) is 13.7. The molecule has 0 unspecified atom stereocenters. The minimum Gasteiger partial charge on any atom is -0.395 e. The van der Waals surface area contributed by atoms with Crippen LogP contribution in [0.3, 0.4) is 0 Å². The van der Waals surface area contributed by atoms with Gasteiger partial charge in [-0.1, -0.05) is 0 Å². The molecule has 0 amide bonds. The number of rotatable bonds is 23. The number of anilines is 7. The Morgan fingerprint density at radius 3 is 1.34 bits per heavy atom. The second kappa shape index (κ2) is 22.5. The van der Waals surface area contributed by atoms with E-state index < -0.39 is 50.9 Å². The number of thiophene rings is 2. The van der Waals surface area contributed by atoms with Gasteiger partial charge in [-0.15, -0.1) is 43.1 Å². The smallest absolute Gasteiger partial charge is 0.297 e. The second-order valence-corrected chi connectivity index (χ2v) is 18.3. The molecule has 0 spiro atoms. The largest absolute Gasteiger partial charge is 0.395 e. The van der Waals surface area contributed by atoms with E-state index in [1.807, 2.05) is 37.5 Å². The normalized spacial score (nSPS) is 11.7. The van der Waals surface area contributed by atoms with Crippen LogP contribution in [0.1, 0.15) is 58.2 Å². The summed E-state index contributed by atoms with van der Waals surface area (Å²) in [5, 5.41) is 62.0. The summed E-state index contributed by atoms with van der Waals surface area (Å²) in [6.45, 7) is 9.41. The number of nitrogens with zero attached hydrogens (tertiary/aromatic N) is 12. The zero-order valence-electron chi connectivity index (χ0n) is 36.0. The first kappa shape index (κ1) is 51.1. The third-order valence-electron chi connectivity index (χ3n) is 9.55. The van der Waals surface area contributed by atoms with Gasteiger partial charge in [-0.25, -0.2) is 0 Å². The SMILES string of the molecule is CCN(CC)c1ccc(/N=N/c2sc(C=O)c(S(=O)(=O)O)c2C#N)c(Nc2nc(Nc3cc(N(CC)CC)ccc3/N=N/c3sc(C=O)c(S(=O)(=O)O)c3C#N)nc(N(CCO)CCO)n2)c1. The van der Waals surface area contributed by atoms with Crippen molar-refractivity contribution in [2.24, 2.45) is 20.5 Å². The molecule has 6 N–H and O–H groups in total. The molecule has 5 aromatic rings. The van der Waals surface area contributed by atoms with Gasteiger partial charge in [0, 0.05) is 50.6 Å². The highest BCUT2D eigenvalue weighted by molar-refractivity contribution is 7.86. The van der Waals surface area contributed by atoms with Gasteiger partial charge < -0.3 is 35.5 Å². The maximum absolute atomic E-state index is 12.1. The minimum atomic E-state index is -5.00. The molecule has 24 nitrogen and oxygen atoms in total. The van der Waals surface area contributed by atoms with Gasteiger partial charge >= 0.3 is 0 Å². The Kier molecular flexibility index (Phi) is 17.2. The van der Waals surface area contributed by atoms with Gasteiger partial charge in [0.25, 0.3) is 20.2 Å². The quantitative estimate of drug-likeness (QED) is 0.0226. The predicted octanol–water partition coefficient (Wildman–Crippen LogP) is 6.66. The van der Waals surface area contributed by atoms with Crippen LogP contribution >= 0.6 is 22.7 Å². The zero-order valence-corrected chi connectivity index (χ0v) is 39.3. The van der Waals surface area contributed by atoms with Gasteiger partial charge in [-0.2, -0.15) is 42.3 Å². The number of aliphatic hydroxyl groups excluding tert-OH is 2. The molecule has 2 aromatic carbocycles. The van der Waals surface area contributed by atoms with Gasteiger partial charge in [0.1, 0.15) is 44.4 Å². The molecule has 3 aromatic heterocycles. The number of aliphatic hydroxyl groups is 2. The molecule has 0 saturated heterocycles. The Hall–Kier alpha value is -6.89. The van der Waals surface area contributed by atoms with Crippen LogP contribution in [0.2, 0.25) is 0 Å². The molecule has 0 aliphatic rings. The predicted molar refractivity (Wildman–Crippen MR) is 250 cm³/mol. The maximum atomic E-state index is 12.1. The second-order valence-electron chi connectivity index (χ2n) is 13.5. The van der Waals surface area contributed by atoms with Crippen molar-refractivity contribution in [3.8, 4) is 12.1 Å². The highest BCUT2D eigenvalue weighted by Crippen LogP contribution is 2.42. The van der Waals surface area contributed by atoms with Crippen LogP contribution in [0.25, 0.3) is 0 Å². The van der Waals surface area contributed by atoms with Gasteiger partial charge in [0.15, 0.2) is 22.6 Å². The number of azo groups is 2. The first-order valence-electron chi connectivity index (χ1n) is 19.9. The summed E-state index contributed by atoms with van der Waals surface area (Å²) in [4.78, 5) is 40.1. The Bertz CT molecular complexity index is 2810. The summed E-state index contributed by atoms with van der Waals surface area (Å²) in [7, 11) is -9.99. The van der Waals surface area contributed by atoms with Crippen LogP contribution in [0.5, 0.6) is 0 Å². The van der Waals surface area contributed by atoms with E-state index in [1.54, 1.807) is 48.5 Å². The van der Waals surface area contributed by atoms with E-state index in [0.717, 1.165) is 0 Å². The average molecular weight is 995 g/mol. The molecule has 28 heteroatoms. The van der Waals surface area contributed by atoms with Crippen molar-refractivity contribution in [1.82, 2.24) is 15.0 Å². The van der Waals surface area contributed by atoms with Crippen LogP contribution in [0, 0.1) is 22.7 Å². The van der Waals surface area contributed by atoms with E-state index in [-0.39, 0.29) is 89.5 Å². The highest BCUT2D eigenvalue weighted by Gasteiger charge is 2.29. The molecule has 0 bridgehead atoms. The lowest BCUT2D eigenvalue weighted by Crippen LogP contribution is -2.31. The van der Waals surface area contributed by atoms with E-state index in [1.165, 1.54) is 4.90 Å². The van der Waals surface area contributed by atoms with Crippen molar-refractivity contribution in [2.45, 2.75) is 37.5 Å². The van der Waals surface area contributed by atoms with E-state index in [0.29, 0.717) is 60.2 Å². The molecule has 5 rings (SSSR count). The van der Waals surface area contributed by atoms with Crippen LogP contribution in [-0.4, -0.2) is 116 Å². The van der Waals surface area contributed by atoms with Crippen molar-refractivity contribution in [2.75, 3.05) is 77.8 Å². The zero-order chi connectivity index (χ0) is 49.1. The van der Waals surface area contributed by atoms with Crippen LogP contribution in [0.4, 0.5) is 62.0 Å². The first-order valence-corrected chi connectivity index (χ1v) is 24.4. The third kappa shape index (κ3) is 11.9. The molecule has 0 radical (unpaired) electrons. The van der Waals surface area contributed by atoms with Crippen molar-refractivity contribution in [3.05, 3.63) is 57.3 Å². The Morgan fingerprint density at radius 2 is 1.03 bits per heavy atom. The monoisotopic (exact) mass is 994 g/mol. The maximum Gasteiger partial charge on any atom is 0.297 e. The average Bonchev–Trinajstić information content (AvgIpc) is 3.87. The molecule has 0 saturated carbocycles. The van der Waals surface area contributed by atoms with Crippen molar-refractivity contribution in [1.29, 1.82) is 10.5 Å². The van der Waals surface area contributed by atoms with Gasteiger partial charge in [0.2, 0.25) is 17.8 Å². The first-order chi connectivity index (χ1) is 32.0. The summed E-state index contributed by atoms with van der Waals surface area (Å²) in [5.74, 6) is -0.263. The Balaban J connectivity index is 1.69. The number of nitrogens with one attached hydrogen (secondary N) is 2. The van der Waals surface area contributed by atoms with Gasteiger partial charge in [0.05, 0.1) is 34.3 Å². The topological polar surface area (TPSA) is 353 Å². The van der Waals surface area contributed by atoms with Crippen molar-refractivity contribution < 1.29 is 45.7 Å². The number of aromatic nitrogens is 3. The molecule has 0 aliphatic carbocycles. The Morgan fingerprint density at radius 1 is 0.642 bits per heavy atom. The molecular weight excluding hydrogens is 953 g/mol. The summed E-state index contributed by atoms with van der Waals surface area (Å²) < 4.78 is 68.0. The van der Waals surface area contributed by atoms with Gasteiger partial charge in [-0.05, 0) is 64.1 Å². The number of nitriles is 2. The molecule has 0 fully saturated rings. The van der Waals surface area contributed by atoms with E-state index >= 15 is 0 Å². The molecule has 0 atom stereocenters. The summed E-state index contributed by atoms with van der Waals surface area (Å²) in [6.07, 6.45) is 0.347. The molecule has 67 heavy (non-hydrogen) atoms. The van der Waals surface area contributed by atoms with Crippen LogP contribution in [0.15, 0.2) is 66.6 Å². The number of aldehydes is 2. The number of hydrogen-bond donors (Lipinski definition) is 6. The van der Waals surface area contributed by atoms with Crippen molar-refractivity contribution in [3.63, 3.8) is 0 Å². The number of hydrogen-bond acceptors (Lipinski definition) is 24. The van der Waals surface area contributed by atoms with E-state index in [4.69, 9.17) is 0 Å². The lowest BCUT2D eigenvalue weighted by molar-refractivity contribution is 0.111. The van der Waals surface area contributed by atoms with Gasteiger partial charge in [-0.3, -0.25) is 18.7 Å². The fourth-order valence-corrected chi connectivity index (χ4v) is 10.4. The van der Waals surface area contributed by atoms with Crippen LogP contribution < -0.4 is 25.3 Å². The fraction of sp³-hybridized carbons (Fsp3) is 0.308. The molecule has 352 valence electrons. The van der Waals surface area contributed by atoms with Crippen molar-refractivity contribution >= 4 is 117 Å².